The van der Waals surface area contributed by atoms with E-state index in [1.807, 2.05) is 13.8 Å². The van der Waals surface area contributed by atoms with Crippen LogP contribution in [0.3, 0.4) is 0 Å². The van der Waals surface area contributed by atoms with Gasteiger partial charge in [0.25, 0.3) is 0 Å². The first-order valence-corrected chi connectivity index (χ1v) is 8.17. The minimum Gasteiger partial charge on any atom is -0.290 e. The lowest BCUT2D eigenvalue weighted by molar-refractivity contribution is 0.0835. The van der Waals surface area contributed by atoms with Gasteiger partial charge >= 0.3 is 7.82 Å². The van der Waals surface area contributed by atoms with Gasteiger partial charge in [0.2, 0.25) is 0 Å². The molecule has 0 aliphatic rings. The average molecular weight is 433 g/mol. The van der Waals surface area contributed by atoms with Crippen LogP contribution in [0.4, 0.5) is 0 Å². The SMILES string of the molecule is COP(=O)(OC)OC(Br)(Br)C(C)(C)CBr. The monoisotopic (exact) mass is 430 g/mol. The molecule has 0 aliphatic heterocycles. The topological polar surface area (TPSA) is 44.8 Å². The summed E-state index contributed by atoms with van der Waals surface area (Å²) < 4.78 is 25.5. The molecule has 0 saturated heterocycles. The fourth-order valence-corrected chi connectivity index (χ4v) is 3.81. The smallest absolute Gasteiger partial charge is 0.290 e. The van der Waals surface area contributed by atoms with E-state index < -0.39 is 11.2 Å². The van der Waals surface area contributed by atoms with Gasteiger partial charge < -0.3 is 0 Å². The van der Waals surface area contributed by atoms with Crippen LogP contribution in [0.15, 0.2) is 0 Å². The maximum Gasteiger partial charge on any atom is 0.476 e. The molecule has 0 spiro atoms. The second kappa shape index (κ2) is 5.94. The molecular formula is C7H14Br3O4P. The molecule has 0 radical (unpaired) electrons. The van der Waals surface area contributed by atoms with Crippen LogP contribution in [-0.4, -0.2) is 23.0 Å². The number of alkyl halides is 3. The highest BCUT2D eigenvalue weighted by Gasteiger charge is 2.47. The highest BCUT2D eigenvalue weighted by atomic mass is 79.9. The zero-order valence-corrected chi connectivity index (χ0v) is 14.6. The molecule has 0 aromatic carbocycles. The Bertz CT molecular complexity index is 249. The van der Waals surface area contributed by atoms with E-state index in [4.69, 9.17) is 13.6 Å². The Balaban J connectivity index is 4.85. The van der Waals surface area contributed by atoms with Gasteiger partial charge in [0.15, 0.2) is 3.42 Å². The van der Waals surface area contributed by atoms with Gasteiger partial charge in [0, 0.05) is 25.0 Å². The third-order valence-electron chi connectivity index (χ3n) is 1.80. The number of halogens is 3. The summed E-state index contributed by atoms with van der Waals surface area (Å²) in [5, 5.41) is 0.629. The number of phosphoric ester groups is 1. The number of phosphoric acid groups is 1. The molecule has 0 bridgehead atoms. The Labute approximate surface area is 115 Å². The van der Waals surface area contributed by atoms with Crippen molar-refractivity contribution in [2.24, 2.45) is 5.41 Å². The largest absolute Gasteiger partial charge is 0.476 e. The molecule has 0 fully saturated rings. The van der Waals surface area contributed by atoms with Crippen LogP contribution in [0.25, 0.3) is 0 Å². The molecule has 0 amide bonds. The average Bonchev–Trinajstić information content (AvgIpc) is 2.16. The van der Waals surface area contributed by atoms with Gasteiger partial charge in [-0.05, 0) is 31.9 Å². The van der Waals surface area contributed by atoms with Gasteiger partial charge in [-0.1, -0.05) is 29.8 Å². The van der Waals surface area contributed by atoms with Crippen LogP contribution in [0.5, 0.6) is 0 Å². The highest BCUT2D eigenvalue weighted by molar-refractivity contribution is 9.25. The molecule has 92 valence electrons. The van der Waals surface area contributed by atoms with E-state index in [-0.39, 0.29) is 5.41 Å². The third kappa shape index (κ3) is 4.37. The lowest BCUT2D eigenvalue weighted by Gasteiger charge is -2.37. The molecule has 0 unspecified atom stereocenters. The molecule has 8 heteroatoms. The highest BCUT2D eigenvalue weighted by Crippen LogP contribution is 2.59. The van der Waals surface area contributed by atoms with Crippen LogP contribution < -0.4 is 0 Å². The molecule has 0 saturated carbocycles. The maximum atomic E-state index is 11.8. The second-order valence-corrected chi connectivity index (χ2v) is 9.10. The normalized spacial score (nSPS) is 14.3. The van der Waals surface area contributed by atoms with Crippen molar-refractivity contribution in [3.63, 3.8) is 0 Å². The van der Waals surface area contributed by atoms with Crippen LogP contribution in [-0.2, 0) is 18.1 Å². The summed E-state index contributed by atoms with van der Waals surface area (Å²) in [5.41, 5.74) is -0.361. The van der Waals surface area contributed by atoms with E-state index >= 15 is 0 Å². The Hall–Kier alpha value is 1.55. The minimum absolute atomic E-state index is 0.361. The van der Waals surface area contributed by atoms with Crippen LogP contribution in [0, 0.1) is 5.41 Å². The molecule has 4 nitrogen and oxygen atoms in total. The number of hydrogen-bond donors (Lipinski definition) is 0. The third-order valence-corrected chi connectivity index (χ3v) is 7.56. The van der Waals surface area contributed by atoms with E-state index in [0.717, 1.165) is 0 Å². The summed E-state index contributed by atoms with van der Waals surface area (Å²) in [6.07, 6.45) is 0. The number of rotatable bonds is 6. The Morgan fingerprint density at radius 1 is 1.20 bits per heavy atom. The Kier molecular flexibility index (Phi) is 6.55. The summed E-state index contributed by atoms with van der Waals surface area (Å²) in [5.74, 6) is 0. The fraction of sp³-hybridized carbons (Fsp3) is 1.00. The van der Waals surface area contributed by atoms with Crippen molar-refractivity contribution >= 4 is 55.6 Å². The number of hydrogen-bond acceptors (Lipinski definition) is 4. The van der Waals surface area contributed by atoms with Crippen molar-refractivity contribution in [3.05, 3.63) is 0 Å². The van der Waals surface area contributed by atoms with Crippen LogP contribution in [0.2, 0.25) is 0 Å². The van der Waals surface area contributed by atoms with Gasteiger partial charge in [0.05, 0.1) is 0 Å². The van der Waals surface area contributed by atoms with Crippen LogP contribution in [0.1, 0.15) is 13.8 Å². The van der Waals surface area contributed by atoms with Crippen molar-refractivity contribution in [1.29, 1.82) is 0 Å². The van der Waals surface area contributed by atoms with Crippen molar-refractivity contribution in [2.75, 3.05) is 19.5 Å². The van der Waals surface area contributed by atoms with Crippen LogP contribution >= 0.6 is 55.6 Å². The van der Waals surface area contributed by atoms with Gasteiger partial charge in [-0.3, -0.25) is 13.6 Å². The molecule has 0 aromatic rings. The molecule has 0 rings (SSSR count). The van der Waals surface area contributed by atoms with Gasteiger partial charge in [-0.2, -0.15) is 0 Å². The zero-order valence-electron chi connectivity index (χ0n) is 8.92. The minimum atomic E-state index is -3.53. The predicted molar refractivity (Wildman–Crippen MR) is 70.9 cm³/mol. The van der Waals surface area contributed by atoms with Crippen molar-refractivity contribution in [3.8, 4) is 0 Å². The quantitative estimate of drug-likeness (QED) is 0.464. The van der Waals surface area contributed by atoms with Gasteiger partial charge in [-0.15, -0.1) is 0 Å². The van der Waals surface area contributed by atoms with E-state index in [0.29, 0.717) is 5.33 Å². The lowest BCUT2D eigenvalue weighted by Crippen LogP contribution is -2.36. The first kappa shape index (κ1) is 16.6. The maximum absolute atomic E-state index is 11.8. The molecule has 0 aliphatic carbocycles. The van der Waals surface area contributed by atoms with Crippen molar-refractivity contribution in [1.82, 2.24) is 0 Å². The lowest BCUT2D eigenvalue weighted by atomic mass is 9.98. The summed E-state index contributed by atoms with van der Waals surface area (Å²) in [7, 11) is -0.996. The summed E-state index contributed by atoms with van der Waals surface area (Å²) in [6, 6.07) is 0. The summed E-state index contributed by atoms with van der Waals surface area (Å²) in [6.45, 7) is 3.84. The Morgan fingerprint density at radius 3 is 1.87 bits per heavy atom. The van der Waals surface area contributed by atoms with Gasteiger partial charge in [-0.25, -0.2) is 4.57 Å². The molecule has 0 atom stereocenters. The summed E-state index contributed by atoms with van der Waals surface area (Å²) >= 11 is 9.97. The van der Waals surface area contributed by atoms with E-state index in [1.165, 1.54) is 14.2 Å². The van der Waals surface area contributed by atoms with Crippen molar-refractivity contribution < 1.29 is 18.1 Å². The fourth-order valence-electron chi connectivity index (χ4n) is 0.491. The molecule has 0 heterocycles. The predicted octanol–water partition coefficient (Wildman–Crippen LogP) is 4.27. The summed E-state index contributed by atoms with van der Waals surface area (Å²) in [4.78, 5) is 0. The molecule has 15 heavy (non-hydrogen) atoms. The molecule has 0 aromatic heterocycles. The Morgan fingerprint density at radius 2 is 1.60 bits per heavy atom. The van der Waals surface area contributed by atoms with Crippen molar-refractivity contribution in [2.45, 2.75) is 17.3 Å². The second-order valence-electron chi connectivity index (χ2n) is 3.44. The molecular weight excluding hydrogens is 419 g/mol. The first-order valence-electron chi connectivity index (χ1n) is 4.00. The standard InChI is InChI=1S/C7H14Br3O4P/c1-6(2,5-8)7(9,10)14-15(11,12-3)13-4/h5H2,1-4H3. The van der Waals surface area contributed by atoms with Gasteiger partial charge in [0.1, 0.15) is 0 Å². The van der Waals surface area contributed by atoms with E-state index in [2.05, 4.69) is 47.8 Å². The van der Waals surface area contributed by atoms with E-state index in [9.17, 15) is 4.57 Å². The first-order chi connectivity index (χ1) is 6.64. The molecule has 0 N–H and O–H groups in total. The zero-order chi connectivity index (χ0) is 12.3. The van der Waals surface area contributed by atoms with E-state index in [1.54, 1.807) is 0 Å².